The lowest BCUT2D eigenvalue weighted by Crippen LogP contribution is -2.05. The van der Waals surface area contributed by atoms with E-state index >= 15 is 0 Å². The van der Waals surface area contributed by atoms with Gasteiger partial charge in [-0.2, -0.15) is 0 Å². The monoisotopic (exact) mass is 278 g/mol. The smallest absolute Gasteiger partial charge is 0.195 e. The number of nitrogen functional groups attached to an aromatic ring is 1. The number of H-pyrrole nitrogens is 1. The first-order valence-electron chi connectivity index (χ1n) is 6.96. The first kappa shape index (κ1) is 13.4. The van der Waals surface area contributed by atoms with Gasteiger partial charge in [0.2, 0.25) is 0 Å². The summed E-state index contributed by atoms with van der Waals surface area (Å²) in [7, 11) is 0. The van der Waals surface area contributed by atoms with Crippen LogP contribution in [-0.4, -0.2) is 10.8 Å². The van der Waals surface area contributed by atoms with Crippen molar-refractivity contribution in [3.05, 3.63) is 64.3 Å². The lowest BCUT2D eigenvalue weighted by molar-refractivity contribution is 0.104. The van der Waals surface area contributed by atoms with E-state index in [-0.39, 0.29) is 5.78 Å². The van der Waals surface area contributed by atoms with Gasteiger partial charge in [0.15, 0.2) is 5.78 Å². The maximum absolute atomic E-state index is 12.8. The molecule has 0 aliphatic rings. The molecule has 0 radical (unpaired) electrons. The number of carbonyl (C=O) groups is 1. The number of hydrogen-bond donors (Lipinski definition) is 2. The predicted molar refractivity (Wildman–Crippen MR) is 86.8 cm³/mol. The number of rotatable bonds is 2. The molecule has 0 bridgehead atoms. The zero-order valence-corrected chi connectivity index (χ0v) is 12.4. The van der Waals surface area contributed by atoms with Gasteiger partial charge in [0, 0.05) is 33.9 Å². The molecule has 3 nitrogen and oxygen atoms in total. The van der Waals surface area contributed by atoms with Crippen LogP contribution in [0.25, 0.3) is 10.9 Å². The largest absolute Gasteiger partial charge is 0.398 e. The van der Waals surface area contributed by atoms with Crippen LogP contribution in [0.4, 0.5) is 5.69 Å². The van der Waals surface area contributed by atoms with E-state index in [0.29, 0.717) is 16.8 Å². The van der Waals surface area contributed by atoms with Crippen LogP contribution in [0, 0.1) is 20.8 Å². The Morgan fingerprint density at radius 3 is 2.52 bits per heavy atom. The molecule has 3 N–H and O–H groups in total. The summed E-state index contributed by atoms with van der Waals surface area (Å²) in [6.07, 6.45) is 1.78. The second-order valence-corrected chi connectivity index (χ2v) is 5.60. The molecule has 21 heavy (non-hydrogen) atoms. The quantitative estimate of drug-likeness (QED) is 0.551. The fraction of sp³-hybridized carbons (Fsp3) is 0.167. The number of aryl methyl sites for hydroxylation is 3. The summed E-state index contributed by atoms with van der Waals surface area (Å²) in [6.45, 7) is 5.93. The highest BCUT2D eigenvalue weighted by Gasteiger charge is 2.17. The van der Waals surface area contributed by atoms with Gasteiger partial charge in [0.1, 0.15) is 0 Å². The van der Waals surface area contributed by atoms with Crippen LogP contribution in [0.1, 0.15) is 32.6 Å². The van der Waals surface area contributed by atoms with E-state index < -0.39 is 0 Å². The number of aromatic amines is 1. The highest BCUT2D eigenvalue weighted by molar-refractivity contribution is 6.17. The van der Waals surface area contributed by atoms with E-state index in [9.17, 15) is 4.79 Å². The fourth-order valence-electron chi connectivity index (χ4n) is 2.69. The zero-order chi connectivity index (χ0) is 15.1. The molecule has 0 saturated heterocycles. The van der Waals surface area contributed by atoms with Crippen molar-refractivity contribution in [3.8, 4) is 0 Å². The third-order valence-corrected chi connectivity index (χ3v) is 3.94. The van der Waals surface area contributed by atoms with Gasteiger partial charge in [0.25, 0.3) is 0 Å². The van der Waals surface area contributed by atoms with Crippen LogP contribution < -0.4 is 5.73 Å². The van der Waals surface area contributed by atoms with E-state index in [0.717, 1.165) is 22.0 Å². The maximum atomic E-state index is 12.8. The van der Waals surface area contributed by atoms with Gasteiger partial charge in [-0.25, -0.2) is 0 Å². The van der Waals surface area contributed by atoms with E-state index in [2.05, 4.69) is 4.98 Å². The topological polar surface area (TPSA) is 58.9 Å². The van der Waals surface area contributed by atoms with Crippen LogP contribution in [0.5, 0.6) is 0 Å². The van der Waals surface area contributed by atoms with Crippen molar-refractivity contribution in [1.29, 1.82) is 0 Å². The minimum absolute atomic E-state index is 0.00861. The summed E-state index contributed by atoms with van der Waals surface area (Å²) in [4.78, 5) is 16.0. The minimum Gasteiger partial charge on any atom is -0.398 e. The molecule has 1 heterocycles. The van der Waals surface area contributed by atoms with Crippen molar-refractivity contribution >= 4 is 22.4 Å². The standard InChI is InChI=1S/C18H18N2O/c1-10-4-5-13-15(9-20-17(13)6-10)18(21)14-8-16(19)12(3)7-11(14)2/h4-9,20H,19H2,1-3H3. The van der Waals surface area contributed by atoms with Gasteiger partial charge in [-0.1, -0.05) is 18.2 Å². The zero-order valence-electron chi connectivity index (χ0n) is 12.4. The van der Waals surface area contributed by atoms with Gasteiger partial charge in [-0.05, 0) is 49.6 Å². The first-order chi connectivity index (χ1) is 9.97. The number of fused-ring (bicyclic) bond motifs is 1. The molecule has 0 atom stereocenters. The molecule has 0 spiro atoms. The molecule has 0 aliphatic heterocycles. The predicted octanol–water partition coefficient (Wildman–Crippen LogP) is 3.91. The Hall–Kier alpha value is -2.55. The molecule has 0 fully saturated rings. The maximum Gasteiger partial charge on any atom is 0.195 e. The molecular weight excluding hydrogens is 260 g/mol. The van der Waals surface area contributed by atoms with Gasteiger partial charge in [-0.3, -0.25) is 4.79 Å². The van der Waals surface area contributed by atoms with Crippen molar-refractivity contribution in [2.75, 3.05) is 5.73 Å². The van der Waals surface area contributed by atoms with E-state index in [1.807, 2.05) is 45.0 Å². The summed E-state index contributed by atoms with van der Waals surface area (Å²) in [6, 6.07) is 9.79. The van der Waals surface area contributed by atoms with Crippen molar-refractivity contribution in [3.63, 3.8) is 0 Å². The Morgan fingerprint density at radius 2 is 1.76 bits per heavy atom. The van der Waals surface area contributed by atoms with Crippen LogP contribution in [0.3, 0.4) is 0 Å². The third-order valence-electron chi connectivity index (χ3n) is 3.94. The lowest BCUT2D eigenvalue weighted by Gasteiger charge is -2.08. The van der Waals surface area contributed by atoms with Crippen molar-refractivity contribution in [2.24, 2.45) is 0 Å². The molecule has 3 aromatic rings. The Labute approximate surface area is 123 Å². The molecule has 0 aliphatic carbocycles. The number of hydrogen-bond acceptors (Lipinski definition) is 2. The number of ketones is 1. The Morgan fingerprint density at radius 1 is 1.00 bits per heavy atom. The Balaban J connectivity index is 2.15. The molecule has 0 saturated carbocycles. The minimum atomic E-state index is 0.00861. The first-order valence-corrected chi connectivity index (χ1v) is 6.96. The number of nitrogens with two attached hydrogens (primary N) is 1. The molecule has 106 valence electrons. The summed E-state index contributed by atoms with van der Waals surface area (Å²) in [5.41, 5.74) is 12.1. The van der Waals surface area contributed by atoms with Crippen LogP contribution in [0.15, 0.2) is 36.5 Å². The fourth-order valence-corrected chi connectivity index (χ4v) is 2.69. The Bertz CT molecular complexity index is 859. The highest BCUT2D eigenvalue weighted by Crippen LogP contribution is 2.25. The number of carbonyl (C=O) groups excluding carboxylic acids is 1. The molecule has 1 aromatic heterocycles. The van der Waals surface area contributed by atoms with Gasteiger partial charge in [0.05, 0.1) is 0 Å². The molecule has 0 unspecified atom stereocenters. The van der Waals surface area contributed by atoms with Crippen LogP contribution in [-0.2, 0) is 0 Å². The van der Waals surface area contributed by atoms with Crippen molar-refractivity contribution in [1.82, 2.24) is 4.98 Å². The summed E-state index contributed by atoms with van der Waals surface area (Å²) < 4.78 is 0. The Kier molecular flexibility index (Phi) is 3.05. The average molecular weight is 278 g/mol. The van der Waals surface area contributed by atoms with Crippen LogP contribution in [0.2, 0.25) is 0 Å². The second-order valence-electron chi connectivity index (χ2n) is 5.60. The van der Waals surface area contributed by atoms with Crippen LogP contribution >= 0.6 is 0 Å². The molecule has 0 amide bonds. The van der Waals surface area contributed by atoms with E-state index in [4.69, 9.17) is 5.73 Å². The number of nitrogens with one attached hydrogen (secondary N) is 1. The van der Waals surface area contributed by atoms with Gasteiger partial charge >= 0.3 is 0 Å². The molecular formula is C18H18N2O. The summed E-state index contributed by atoms with van der Waals surface area (Å²) in [5.74, 6) is 0.00861. The SMILES string of the molecule is Cc1ccc2c(C(=O)c3cc(N)c(C)cc3C)c[nH]c2c1. The number of benzene rings is 2. The molecule has 3 rings (SSSR count). The average Bonchev–Trinajstić information content (AvgIpc) is 2.85. The van der Waals surface area contributed by atoms with Gasteiger partial charge < -0.3 is 10.7 Å². The third kappa shape index (κ3) is 2.21. The number of anilines is 1. The normalized spacial score (nSPS) is 11.0. The summed E-state index contributed by atoms with van der Waals surface area (Å²) >= 11 is 0. The van der Waals surface area contributed by atoms with Crippen molar-refractivity contribution < 1.29 is 4.79 Å². The lowest BCUT2D eigenvalue weighted by atomic mass is 9.96. The highest BCUT2D eigenvalue weighted by atomic mass is 16.1. The van der Waals surface area contributed by atoms with E-state index in [1.165, 1.54) is 5.56 Å². The summed E-state index contributed by atoms with van der Waals surface area (Å²) in [5, 5.41) is 0.948. The van der Waals surface area contributed by atoms with E-state index in [1.54, 1.807) is 12.3 Å². The van der Waals surface area contributed by atoms with Crippen molar-refractivity contribution in [2.45, 2.75) is 20.8 Å². The van der Waals surface area contributed by atoms with Gasteiger partial charge in [-0.15, -0.1) is 0 Å². The molecule has 2 aromatic carbocycles. The second kappa shape index (κ2) is 4.77. The molecule has 3 heteroatoms. The number of aromatic nitrogens is 1.